The highest BCUT2D eigenvalue weighted by atomic mass is 35.5. The predicted molar refractivity (Wildman–Crippen MR) is 93.1 cm³/mol. The van der Waals surface area contributed by atoms with Gasteiger partial charge in [-0.2, -0.15) is 0 Å². The first-order chi connectivity index (χ1) is 10.6. The maximum Gasteiger partial charge on any atom is 0.220 e. The molecule has 3 nitrogen and oxygen atoms in total. The standard InChI is InChI=1S/C16H16ClNO2S2/c17-15-8-7-14(22-15)13(19)6-9-16(20)18-10-11-21-12-4-2-1-3-5-12/h1-5,7-8H,6,9-11H2,(H,18,20). The first kappa shape index (κ1) is 17.1. The molecule has 0 aliphatic heterocycles. The molecule has 1 N–H and O–H groups in total. The summed E-state index contributed by atoms with van der Waals surface area (Å²) >= 11 is 8.73. The fourth-order valence-electron chi connectivity index (χ4n) is 1.78. The zero-order valence-electron chi connectivity index (χ0n) is 11.9. The molecule has 0 radical (unpaired) electrons. The van der Waals surface area contributed by atoms with Crippen LogP contribution in [0.15, 0.2) is 47.4 Å². The molecule has 2 rings (SSSR count). The highest BCUT2D eigenvalue weighted by molar-refractivity contribution is 7.99. The number of benzene rings is 1. The van der Waals surface area contributed by atoms with E-state index in [1.54, 1.807) is 23.9 Å². The lowest BCUT2D eigenvalue weighted by molar-refractivity contribution is -0.120. The van der Waals surface area contributed by atoms with Crippen LogP contribution >= 0.6 is 34.7 Å². The van der Waals surface area contributed by atoms with Gasteiger partial charge in [-0.05, 0) is 24.3 Å². The highest BCUT2D eigenvalue weighted by Gasteiger charge is 2.11. The summed E-state index contributed by atoms with van der Waals surface area (Å²) in [5, 5.41) is 2.83. The zero-order chi connectivity index (χ0) is 15.8. The van der Waals surface area contributed by atoms with Gasteiger partial charge in [-0.25, -0.2) is 0 Å². The van der Waals surface area contributed by atoms with Gasteiger partial charge >= 0.3 is 0 Å². The van der Waals surface area contributed by atoms with Crippen molar-refractivity contribution in [3.63, 3.8) is 0 Å². The van der Waals surface area contributed by atoms with Gasteiger partial charge in [0.05, 0.1) is 9.21 Å². The molecule has 22 heavy (non-hydrogen) atoms. The van der Waals surface area contributed by atoms with Crippen LogP contribution in [0.4, 0.5) is 0 Å². The first-order valence-corrected chi connectivity index (χ1v) is 9.06. The number of Topliss-reactive ketones (excluding diaryl/α,β-unsaturated/α-hetero) is 1. The summed E-state index contributed by atoms with van der Waals surface area (Å²) < 4.78 is 0.589. The van der Waals surface area contributed by atoms with Gasteiger partial charge in [-0.3, -0.25) is 9.59 Å². The third kappa shape index (κ3) is 5.83. The highest BCUT2D eigenvalue weighted by Crippen LogP contribution is 2.22. The lowest BCUT2D eigenvalue weighted by Crippen LogP contribution is -2.26. The molecule has 1 amide bonds. The van der Waals surface area contributed by atoms with Crippen molar-refractivity contribution in [3.8, 4) is 0 Å². The monoisotopic (exact) mass is 353 g/mol. The Bertz CT molecular complexity index is 628. The lowest BCUT2D eigenvalue weighted by atomic mass is 10.2. The Hall–Kier alpha value is -1.30. The molecule has 0 saturated heterocycles. The number of halogens is 1. The quantitative estimate of drug-likeness (QED) is 0.438. The molecule has 1 heterocycles. The van der Waals surface area contributed by atoms with Crippen LogP contribution < -0.4 is 5.32 Å². The van der Waals surface area contributed by atoms with Gasteiger partial charge in [-0.1, -0.05) is 29.8 Å². The number of rotatable bonds is 8. The summed E-state index contributed by atoms with van der Waals surface area (Å²) in [7, 11) is 0. The normalized spacial score (nSPS) is 10.4. The smallest absolute Gasteiger partial charge is 0.220 e. The summed E-state index contributed by atoms with van der Waals surface area (Å²) in [6.45, 7) is 0.595. The van der Waals surface area contributed by atoms with Crippen LogP contribution in [0, 0.1) is 0 Å². The van der Waals surface area contributed by atoms with Crippen LogP contribution in [-0.2, 0) is 4.79 Å². The first-order valence-electron chi connectivity index (χ1n) is 6.88. The molecule has 0 aliphatic carbocycles. The second kappa shape index (κ2) is 8.98. The topological polar surface area (TPSA) is 46.2 Å². The minimum atomic E-state index is -0.0929. The van der Waals surface area contributed by atoms with Crippen LogP contribution in [0.3, 0.4) is 0 Å². The van der Waals surface area contributed by atoms with E-state index in [0.29, 0.717) is 15.8 Å². The van der Waals surface area contributed by atoms with E-state index in [1.807, 2.05) is 30.3 Å². The predicted octanol–water partition coefficient (Wildman–Crippen LogP) is 4.27. The molecule has 6 heteroatoms. The molecule has 116 valence electrons. The van der Waals surface area contributed by atoms with E-state index in [0.717, 1.165) is 5.75 Å². The molecule has 0 unspecified atom stereocenters. The number of thioether (sulfide) groups is 1. The number of carbonyl (C=O) groups is 2. The van der Waals surface area contributed by atoms with Crippen molar-refractivity contribution in [2.24, 2.45) is 0 Å². The number of thiophene rings is 1. The molecule has 0 saturated carbocycles. The van der Waals surface area contributed by atoms with Gasteiger partial charge in [0.15, 0.2) is 5.78 Å². The molecule has 0 spiro atoms. The van der Waals surface area contributed by atoms with E-state index in [-0.39, 0.29) is 24.5 Å². The maximum atomic E-state index is 11.8. The van der Waals surface area contributed by atoms with Crippen molar-refractivity contribution in [2.75, 3.05) is 12.3 Å². The Labute approximate surface area is 143 Å². The lowest BCUT2D eigenvalue weighted by Gasteiger charge is -2.04. The summed E-state index contributed by atoms with van der Waals surface area (Å²) in [6.07, 6.45) is 0.429. The minimum Gasteiger partial charge on any atom is -0.355 e. The molecule has 0 bridgehead atoms. The van der Waals surface area contributed by atoms with Gasteiger partial charge < -0.3 is 5.32 Å². The average molecular weight is 354 g/mol. The molecule has 1 aromatic heterocycles. The molecular formula is C16H16ClNO2S2. The number of carbonyl (C=O) groups excluding carboxylic acids is 2. The van der Waals surface area contributed by atoms with Crippen molar-refractivity contribution in [3.05, 3.63) is 51.7 Å². The van der Waals surface area contributed by atoms with E-state index < -0.39 is 0 Å². The van der Waals surface area contributed by atoms with Gasteiger partial charge in [0.1, 0.15) is 0 Å². The van der Waals surface area contributed by atoms with E-state index in [1.165, 1.54) is 16.2 Å². The Morgan fingerprint density at radius 1 is 1.09 bits per heavy atom. The van der Waals surface area contributed by atoms with E-state index in [9.17, 15) is 9.59 Å². The Morgan fingerprint density at radius 2 is 1.86 bits per heavy atom. The van der Waals surface area contributed by atoms with E-state index in [2.05, 4.69) is 5.32 Å². The van der Waals surface area contributed by atoms with Gasteiger partial charge in [0.2, 0.25) is 5.91 Å². The van der Waals surface area contributed by atoms with E-state index in [4.69, 9.17) is 11.6 Å². The molecule has 1 aromatic carbocycles. The van der Waals surface area contributed by atoms with Crippen LogP contribution in [-0.4, -0.2) is 24.0 Å². The number of hydrogen-bond donors (Lipinski definition) is 1. The Morgan fingerprint density at radius 3 is 2.55 bits per heavy atom. The summed E-state index contributed by atoms with van der Waals surface area (Å²) in [4.78, 5) is 25.3. The van der Waals surface area contributed by atoms with Crippen LogP contribution in [0.2, 0.25) is 4.34 Å². The third-order valence-corrected chi connectivity index (χ3v) is 5.15. The number of hydrogen-bond acceptors (Lipinski definition) is 4. The number of nitrogens with one attached hydrogen (secondary N) is 1. The fourth-order valence-corrected chi connectivity index (χ4v) is 3.58. The van der Waals surface area contributed by atoms with Crippen LogP contribution in [0.5, 0.6) is 0 Å². The van der Waals surface area contributed by atoms with Crippen molar-refractivity contribution in [1.29, 1.82) is 0 Å². The van der Waals surface area contributed by atoms with Crippen molar-refractivity contribution < 1.29 is 9.59 Å². The van der Waals surface area contributed by atoms with Gasteiger partial charge in [0.25, 0.3) is 0 Å². The molecule has 0 fully saturated rings. The van der Waals surface area contributed by atoms with Crippen LogP contribution in [0.25, 0.3) is 0 Å². The minimum absolute atomic E-state index is 0.0364. The fraction of sp³-hybridized carbons (Fsp3) is 0.250. The van der Waals surface area contributed by atoms with Crippen molar-refractivity contribution in [2.45, 2.75) is 17.7 Å². The third-order valence-electron chi connectivity index (χ3n) is 2.86. The Kier molecular flexibility index (Phi) is 6.96. The van der Waals surface area contributed by atoms with Gasteiger partial charge in [0, 0.05) is 30.0 Å². The summed E-state index contributed by atoms with van der Waals surface area (Å²) in [5.41, 5.74) is 0. The second-order valence-electron chi connectivity index (χ2n) is 4.54. The zero-order valence-corrected chi connectivity index (χ0v) is 14.3. The van der Waals surface area contributed by atoms with Crippen molar-refractivity contribution in [1.82, 2.24) is 5.32 Å². The SMILES string of the molecule is O=C(CCC(=O)c1ccc(Cl)s1)NCCSc1ccccc1. The van der Waals surface area contributed by atoms with Crippen LogP contribution in [0.1, 0.15) is 22.5 Å². The largest absolute Gasteiger partial charge is 0.355 e. The molecule has 2 aromatic rings. The molecule has 0 atom stereocenters. The van der Waals surface area contributed by atoms with E-state index >= 15 is 0 Å². The summed E-state index contributed by atoms with van der Waals surface area (Å²) in [6, 6.07) is 13.4. The molecule has 0 aliphatic rings. The number of amides is 1. The van der Waals surface area contributed by atoms with Gasteiger partial charge in [-0.15, -0.1) is 23.1 Å². The molecular weight excluding hydrogens is 338 g/mol. The second-order valence-corrected chi connectivity index (χ2v) is 7.42. The number of ketones is 1. The average Bonchev–Trinajstić information content (AvgIpc) is 2.97. The Balaban J connectivity index is 1.61. The van der Waals surface area contributed by atoms with Crippen molar-refractivity contribution >= 4 is 46.4 Å². The maximum absolute atomic E-state index is 11.8. The summed E-state index contributed by atoms with van der Waals surface area (Å²) in [5.74, 6) is 0.680.